The summed E-state index contributed by atoms with van der Waals surface area (Å²) in [4.78, 5) is 0. The summed E-state index contributed by atoms with van der Waals surface area (Å²) in [5.41, 5.74) is 8.26. The fourth-order valence-corrected chi connectivity index (χ4v) is 2.64. The molecule has 0 aromatic heterocycles. The van der Waals surface area contributed by atoms with Crippen LogP contribution in [0.25, 0.3) is 0 Å². The molecule has 17 heavy (non-hydrogen) atoms. The van der Waals surface area contributed by atoms with Crippen molar-refractivity contribution in [2.45, 2.75) is 32.7 Å². The number of ether oxygens (including phenoxy) is 2. The lowest BCUT2D eigenvalue weighted by Crippen LogP contribution is -2.19. The molecule has 0 heterocycles. The van der Waals surface area contributed by atoms with Crippen molar-refractivity contribution in [3.8, 4) is 11.5 Å². The van der Waals surface area contributed by atoms with Crippen molar-refractivity contribution in [2.75, 3.05) is 14.2 Å². The Balaban J connectivity index is 3.36. The molecular weight excluding hydrogens is 282 g/mol. The Kier molecular flexibility index (Phi) is 5.28. The second-order valence-corrected chi connectivity index (χ2v) is 4.95. The van der Waals surface area contributed by atoms with Crippen LogP contribution in [0.2, 0.25) is 0 Å². The fourth-order valence-electron chi connectivity index (χ4n) is 2.02. The molecule has 0 amide bonds. The molecule has 4 heteroatoms. The number of methoxy groups -OCH3 is 2. The highest BCUT2D eigenvalue weighted by Gasteiger charge is 2.17. The van der Waals surface area contributed by atoms with Crippen LogP contribution in [0.5, 0.6) is 11.5 Å². The Labute approximate surface area is 111 Å². The molecule has 0 bridgehead atoms. The Hall–Kier alpha value is -0.740. The van der Waals surface area contributed by atoms with Crippen LogP contribution in [0.4, 0.5) is 0 Å². The van der Waals surface area contributed by atoms with E-state index in [-0.39, 0.29) is 6.04 Å². The normalized spacial score (nSPS) is 12.4. The Bertz CT molecular complexity index is 391. The molecule has 1 unspecified atom stereocenters. The number of halogens is 1. The van der Waals surface area contributed by atoms with E-state index >= 15 is 0 Å². The predicted molar refractivity (Wildman–Crippen MR) is 74.0 cm³/mol. The Morgan fingerprint density at radius 2 is 1.88 bits per heavy atom. The molecular formula is C13H20BrNO2. The minimum absolute atomic E-state index is 0.130. The molecule has 0 spiro atoms. The van der Waals surface area contributed by atoms with E-state index in [1.165, 1.54) is 11.1 Å². The zero-order valence-electron chi connectivity index (χ0n) is 10.8. The number of hydrogen-bond donors (Lipinski definition) is 1. The van der Waals surface area contributed by atoms with E-state index in [0.29, 0.717) is 0 Å². The molecule has 0 aliphatic carbocycles. The summed E-state index contributed by atoms with van der Waals surface area (Å²) in [6, 6.07) is 2.20. The van der Waals surface area contributed by atoms with Gasteiger partial charge < -0.3 is 15.2 Å². The molecule has 0 aliphatic heterocycles. The van der Waals surface area contributed by atoms with Gasteiger partial charge in [0, 0.05) is 11.6 Å². The first kappa shape index (κ1) is 14.3. The monoisotopic (exact) mass is 301 g/mol. The van der Waals surface area contributed by atoms with E-state index in [4.69, 9.17) is 15.2 Å². The third-order valence-electron chi connectivity index (χ3n) is 2.69. The van der Waals surface area contributed by atoms with Crippen LogP contribution in [0.15, 0.2) is 10.5 Å². The van der Waals surface area contributed by atoms with Crippen LogP contribution >= 0.6 is 15.9 Å². The van der Waals surface area contributed by atoms with Crippen LogP contribution in [-0.4, -0.2) is 20.3 Å². The smallest absolute Gasteiger partial charge is 0.175 e. The third kappa shape index (κ3) is 3.13. The minimum atomic E-state index is 0.130. The average molecular weight is 302 g/mol. The van der Waals surface area contributed by atoms with Crippen LogP contribution in [0.1, 0.15) is 25.0 Å². The van der Waals surface area contributed by atoms with E-state index in [2.05, 4.69) is 28.9 Å². The second kappa shape index (κ2) is 6.26. The van der Waals surface area contributed by atoms with Gasteiger partial charge >= 0.3 is 0 Å². The number of hydrogen-bond acceptors (Lipinski definition) is 3. The topological polar surface area (TPSA) is 44.5 Å². The number of nitrogens with two attached hydrogens (primary N) is 1. The molecule has 3 nitrogen and oxygen atoms in total. The van der Waals surface area contributed by atoms with Gasteiger partial charge in [0.1, 0.15) is 0 Å². The van der Waals surface area contributed by atoms with E-state index in [1.807, 2.05) is 6.92 Å². The van der Waals surface area contributed by atoms with Crippen LogP contribution < -0.4 is 15.2 Å². The molecule has 2 N–H and O–H groups in total. The highest BCUT2D eigenvalue weighted by molar-refractivity contribution is 9.10. The molecule has 0 saturated carbocycles. The highest BCUT2D eigenvalue weighted by atomic mass is 79.9. The first-order chi connectivity index (χ1) is 8.04. The van der Waals surface area contributed by atoms with Gasteiger partial charge in [-0.15, -0.1) is 0 Å². The summed E-state index contributed by atoms with van der Waals surface area (Å²) in [5.74, 6) is 1.55. The molecule has 1 atom stereocenters. The Morgan fingerprint density at radius 3 is 2.29 bits per heavy atom. The zero-order chi connectivity index (χ0) is 13.0. The molecule has 0 fully saturated rings. The van der Waals surface area contributed by atoms with Gasteiger partial charge in [-0.05, 0) is 47.3 Å². The average Bonchev–Trinajstić information content (AvgIpc) is 2.27. The van der Waals surface area contributed by atoms with Gasteiger partial charge in [0.25, 0.3) is 0 Å². The lowest BCUT2D eigenvalue weighted by atomic mass is 9.98. The van der Waals surface area contributed by atoms with Crippen LogP contribution in [0.3, 0.4) is 0 Å². The zero-order valence-corrected chi connectivity index (χ0v) is 12.4. The maximum Gasteiger partial charge on any atom is 0.175 e. The second-order valence-electron chi connectivity index (χ2n) is 4.10. The van der Waals surface area contributed by atoms with Gasteiger partial charge in [-0.3, -0.25) is 0 Å². The van der Waals surface area contributed by atoms with E-state index in [0.717, 1.165) is 28.8 Å². The summed E-state index contributed by atoms with van der Waals surface area (Å²) < 4.78 is 11.7. The fraction of sp³-hybridized carbons (Fsp3) is 0.538. The number of rotatable bonds is 5. The van der Waals surface area contributed by atoms with Crippen molar-refractivity contribution in [1.82, 2.24) is 0 Å². The van der Waals surface area contributed by atoms with Crippen molar-refractivity contribution >= 4 is 15.9 Å². The quantitative estimate of drug-likeness (QED) is 0.909. The first-order valence-corrected chi connectivity index (χ1v) is 6.52. The summed E-state index contributed by atoms with van der Waals surface area (Å²) in [6.07, 6.45) is 1.73. The van der Waals surface area contributed by atoms with Crippen molar-refractivity contribution < 1.29 is 9.47 Å². The van der Waals surface area contributed by atoms with Crippen molar-refractivity contribution in [1.29, 1.82) is 0 Å². The molecule has 1 rings (SSSR count). The summed E-state index contributed by atoms with van der Waals surface area (Å²) in [7, 11) is 3.31. The molecule has 1 aromatic rings. The van der Waals surface area contributed by atoms with E-state index < -0.39 is 0 Å². The molecule has 0 radical (unpaired) electrons. The lowest BCUT2D eigenvalue weighted by molar-refractivity contribution is 0.349. The van der Waals surface area contributed by atoms with Crippen LogP contribution in [0, 0.1) is 0 Å². The Morgan fingerprint density at radius 1 is 1.29 bits per heavy atom. The van der Waals surface area contributed by atoms with Gasteiger partial charge in [-0.1, -0.05) is 6.92 Å². The van der Waals surface area contributed by atoms with Gasteiger partial charge in [0.2, 0.25) is 0 Å². The maximum atomic E-state index is 5.87. The molecule has 96 valence electrons. The standard InChI is InChI=1S/C13H20BrNO2/c1-5-10-9(6-8(2)15)7-11(14)13(17-4)12(10)16-3/h7-8H,5-6,15H2,1-4H3. The number of benzene rings is 1. The maximum absolute atomic E-state index is 5.87. The van der Waals surface area contributed by atoms with Crippen molar-refractivity contribution in [3.05, 3.63) is 21.7 Å². The molecule has 0 aliphatic rings. The van der Waals surface area contributed by atoms with E-state index in [1.54, 1.807) is 14.2 Å². The van der Waals surface area contributed by atoms with Gasteiger partial charge in [0.15, 0.2) is 11.5 Å². The highest BCUT2D eigenvalue weighted by Crippen LogP contribution is 2.40. The van der Waals surface area contributed by atoms with Gasteiger partial charge in [-0.25, -0.2) is 0 Å². The summed E-state index contributed by atoms with van der Waals surface area (Å²) >= 11 is 3.51. The summed E-state index contributed by atoms with van der Waals surface area (Å²) in [5, 5.41) is 0. The first-order valence-electron chi connectivity index (χ1n) is 5.72. The summed E-state index contributed by atoms with van der Waals surface area (Å²) in [6.45, 7) is 4.11. The largest absolute Gasteiger partial charge is 0.493 e. The minimum Gasteiger partial charge on any atom is -0.493 e. The third-order valence-corrected chi connectivity index (χ3v) is 3.28. The predicted octanol–water partition coefficient (Wildman–Crippen LogP) is 2.92. The SMILES string of the molecule is CCc1c(CC(C)N)cc(Br)c(OC)c1OC. The van der Waals surface area contributed by atoms with Gasteiger partial charge in [0.05, 0.1) is 18.7 Å². The van der Waals surface area contributed by atoms with Crippen molar-refractivity contribution in [3.63, 3.8) is 0 Å². The lowest BCUT2D eigenvalue weighted by Gasteiger charge is -2.18. The van der Waals surface area contributed by atoms with Gasteiger partial charge in [-0.2, -0.15) is 0 Å². The van der Waals surface area contributed by atoms with Crippen LogP contribution in [-0.2, 0) is 12.8 Å². The van der Waals surface area contributed by atoms with E-state index in [9.17, 15) is 0 Å². The molecule has 0 saturated heterocycles. The van der Waals surface area contributed by atoms with Crippen molar-refractivity contribution in [2.24, 2.45) is 5.73 Å². The molecule has 1 aromatic carbocycles.